The van der Waals surface area contributed by atoms with Gasteiger partial charge in [-0.2, -0.15) is 0 Å². The Hall–Kier alpha value is -1.69. The number of carbonyl (C=O) groups excluding carboxylic acids is 1. The summed E-state index contributed by atoms with van der Waals surface area (Å²) in [5.41, 5.74) is -1.29. The maximum atomic E-state index is 13.8. The third-order valence-corrected chi connectivity index (χ3v) is 2.85. The molecule has 1 rings (SSSR count). The van der Waals surface area contributed by atoms with Crippen molar-refractivity contribution in [2.45, 2.75) is 38.4 Å². The van der Waals surface area contributed by atoms with Crippen molar-refractivity contribution in [3.05, 3.63) is 40.1 Å². The van der Waals surface area contributed by atoms with E-state index < -0.39 is 23.0 Å². The minimum Gasteiger partial charge on any atom is -0.444 e. The number of nitrogens with zero attached hydrogens (tertiary/aromatic N) is 2. The highest BCUT2D eigenvalue weighted by molar-refractivity contribution is 6.20. The fourth-order valence-electron chi connectivity index (χ4n) is 1.60. The number of alkyl halides is 1. The average molecular weight is 317 g/mol. The first kappa shape index (κ1) is 17.4. The van der Waals surface area contributed by atoms with Gasteiger partial charge in [-0.1, -0.05) is 23.7 Å². The van der Waals surface area contributed by atoms with E-state index in [-0.39, 0.29) is 12.1 Å². The number of hydrogen-bond acceptors (Lipinski definition) is 4. The van der Waals surface area contributed by atoms with Crippen LogP contribution in [-0.2, 0) is 11.3 Å². The van der Waals surface area contributed by atoms with Crippen LogP contribution in [0.2, 0.25) is 0 Å². The molecule has 0 saturated heterocycles. The SMILES string of the molecule is CN(Cc1ccc(C(Cl)N=O)c(F)c1)C(=O)OC(C)(C)C. The lowest BCUT2D eigenvalue weighted by Crippen LogP contribution is -2.33. The van der Waals surface area contributed by atoms with E-state index in [0.29, 0.717) is 5.56 Å². The molecule has 1 amide bonds. The van der Waals surface area contributed by atoms with Gasteiger partial charge in [-0.15, -0.1) is 4.91 Å². The molecule has 0 fully saturated rings. The van der Waals surface area contributed by atoms with E-state index in [9.17, 15) is 14.1 Å². The summed E-state index contributed by atoms with van der Waals surface area (Å²) in [6.07, 6.45) is -0.503. The second-order valence-corrected chi connectivity index (χ2v) is 6.05. The van der Waals surface area contributed by atoms with Crippen LogP contribution in [0, 0.1) is 10.7 Å². The van der Waals surface area contributed by atoms with Crippen molar-refractivity contribution in [1.82, 2.24) is 4.90 Å². The Morgan fingerprint density at radius 2 is 2.10 bits per heavy atom. The van der Waals surface area contributed by atoms with Crippen LogP contribution in [-0.4, -0.2) is 23.6 Å². The van der Waals surface area contributed by atoms with Crippen molar-refractivity contribution >= 4 is 17.7 Å². The van der Waals surface area contributed by atoms with Crippen molar-refractivity contribution in [3.63, 3.8) is 0 Å². The van der Waals surface area contributed by atoms with Gasteiger partial charge in [-0.3, -0.25) is 0 Å². The zero-order chi connectivity index (χ0) is 16.2. The molecule has 0 N–H and O–H groups in total. The summed E-state index contributed by atoms with van der Waals surface area (Å²) in [5.74, 6) is -0.635. The van der Waals surface area contributed by atoms with E-state index in [1.54, 1.807) is 33.9 Å². The first-order valence-electron chi connectivity index (χ1n) is 6.33. The molecule has 7 heteroatoms. The maximum Gasteiger partial charge on any atom is 0.410 e. The fraction of sp³-hybridized carbons (Fsp3) is 0.500. The summed E-state index contributed by atoms with van der Waals surface area (Å²) in [7, 11) is 1.55. The summed E-state index contributed by atoms with van der Waals surface area (Å²) < 4.78 is 19.0. The third kappa shape index (κ3) is 5.30. The van der Waals surface area contributed by atoms with Gasteiger partial charge in [-0.25, -0.2) is 9.18 Å². The number of hydrogen-bond donors (Lipinski definition) is 0. The van der Waals surface area contributed by atoms with Gasteiger partial charge < -0.3 is 9.64 Å². The smallest absolute Gasteiger partial charge is 0.410 e. The summed E-state index contributed by atoms with van der Waals surface area (Å²) in [6, 6.07) is 4.18. The van der Waals surface area contributed by atoms with E-state index in [2.05, 4.69) is 5.18 Å². The van der Waals surface area contributed by atoms with Crippen molar-refractivity contribution in [1.29, 1.82) is 0 Å². The molecule has 0 heterocycles. The zero-order valence-electron chi connectivity index (χ0n) is 12.4. The molecule has 21 heavy (non-hydrogen) atoms. The average Bonchev–Trinajstić information content (AvgIpc) is 2.36. The molecule has 1 aromatic rings. The second-order valence-electron chi connectivity index (χ2n) is 5.63. The number of halogens is 2. The normalized spacial score (nSPS) is 12.7. The van der Waals surface area contributed by atoms with Gasteiger partial charge >= 0.3 is 6.09 Å². The Kier molecular flexibility index (Phi) is 5.66. The molecule has 0 aliphatic carbocycles. The lowest BCUT2D eigenvalue weighted by Gasteiger charge is -2.24. The van der Waals surface area contributed by atoms with Crippen molar-refractivity contribution < 1.29 is 13.9 Å². The van der Waals surface area contributed by atoms with E-state index in [1.165, 1.54) is 17.0 Å². The van der Waals surface area contributed by atoms with Crippen LogP contribution < -0.4 is 0 Å². The largest absolute Gasteiger partial charge is 0.444 e. The maximum absolute atomic E-state index is 13.8. The summed E-state index contributed by atoms with van der Waals surface area (Å²) in [5, 5.41) is 2.57. The quantitative estimate of drug-likeness (QED) is 0.475. The Balaban J connectivity index is 2.78. The highest BCUT2D eigenvalue weighted by Gasteiger charge is 2.20. The highest BCUT2D eigenvalue weighted by Crippen LogP contribution is 2.25. The number of nitroso groups, excluding NO2 is 1. The summed E-state index contributed by atoms with van der Waals surface area (Å²) in [4.78, 5) is 23.5. The van der Waals surface area contributed by atoms with Crippen molar-refractivity contribution in [2.75, 3.05) is 7.05 Å². The molecule has 0 aliphatic heterocycles. The minimum absolute atomic E-state index is 0.00957. The molecule has 1 unspecified atom stereocenters. The van der Waals surface area contributed by atoms with Gasteiger partial charge in [0, 0.05) is 19.2 Å². The van der Waals surface area contributed by atoms with Crippen LogP contribution in [0.1, 0.15) is 37.4 Å². The van der Waals surface area contributed by atoms with Crippen LogP contribution in [0.3, 0.4) is 0 Å². The number of amides is 1. The van der Waals surface area contributed by atoms with Gasteiger partial charge in [0.1, 0.15) is 11.4 Å². The van der Waals surface area contributed by atoms with E-state index >= 15 is 0 Å². The summed E-state index contributed by atoms with van der Waals surface area (Å²) in [6.45, 7) is 5.47. The molecular formula is C14H18ClFN2O3. The molecule has 0 saturated carbocycles. The number of rotatable bonds is 4. The predicted molar refractivity (Wildman–Crippen MR) is 78.5 cm³/mol. The van der Waals surface area contributed by atoms with E-state index in [1.807, 2.05) is 0 Å². The summed E-state index contributed by atoms with van der Waals surface area (Å²) >= 11 is 5.57. The lowest BCUT2D eigenvalue weighted by atomic mass is 10.1. The monoisotopic (exact) mass is 316 g/mol. The van der Waals surface area contributed by atoms with Gasteiger partial charge in [0.15, 0.2) is 5.50 Å². The first-order chi connectivity index (χ1) is 9.64. The Morgan fingerprint density at radius 3 is 2.57 bits per heavy atom. The molecule has 5 nitrogen and oxygen atoms in total. The predicted octanol–water partition coefficient (Wildman–Crippen LogP) is 4.20. The van der Waals surface area contributed by atoms with Crippen LogP contribution >= 0.6 is 11.6 Å². The van der Waals surface area contributed by atoms with Gasteiger partial charge in [0.2, 0.25) is 0 Å². The molecule has 0 aromatic heterocycles. The molecule has 0 spiro atoms. The minimum atomic E-state index is -1.26. The van der Waals surface area contributed by atoms with Crippen molar-refractivity contribution in [3.8, 4) is 0 Å². The molecule has 116 valence electrons. The lowest BCUT2D eigenvalue weighted by molar-refractivity contribution is 0.0285. The molecule has 0 radical (unpaired) electrons. The Labute approximate surface area is 128 Å². The molecule has 1 aromatic carbocycles. The molecular weight excluding hydrogens is 299 g/mol. The zero-order valence-corrected chi connectivity index (χ0v) is 13.1. The second kappa shape index (κ2) is 6.85. The van der Waals surface area contributed by atoms with Crippen LogP contribution in [0.15, 0.2) is 23.4 Å². The highest BCUT2D eigenvalue weighted by atomic mass is 35.5. The van der Waals surface area contributed by atoms with Gasteiger partial charge in [-0.05, 0) is 37.6 Å². The number of carbonyl (C=O) groups is 1. The molecule has 0 bridgehead atoms. The number of benzene rings is 1. The van der Waals surface area contributed by atoms with Crippen LogP contribution in [0.4, 0.5) is 9.18 Å². The third-order valence-electron chi connectivity index (χ3n) is 2.54. The Bertz CT molecular complexity index is 531. The van der Waals surface area contributed by atoms with Gasteiger partial charge in [0.05, 0.1) is 0 Å². The van der Waals surface area contributed by atoms with Crippen molar-refractivity contribution in [2.24, 2.45) is 5.18 Å². The molecule has 1 atom stereocenters. The van der Waals surface area contributed by atoms with E-state index in [4.69, 9.17) is 16.3 Å². The molecule has 0 aliphatic rings. The van der Waals surface area contributed by atoms with Gasteiger partial charge in [0.25, 0.3) is 0 Å². The van der Waals surface area contributed by atoms with Crippen LogP contribution in [0.25, 0.3) is 0 Å². The first-order valence-corrected chi connectivity index (χ1v) is 6.76. The fourth-order valence-corrected chi connectivity index (χ4v) is 1.77. The number of ether oxygens (including phenoxy) is 1. The standard InChI is InChI=1S/C14H18ClFN2O3/c1-14(2,3)21-13(19)18(4)8-9-5-6-10(11(16)7-9)12(15)17-20/h5-7,12H,8H2,1-4H3. The topological polar surface area (TPSA) is 59.0 Å². The Morgan fingerprint density at radius 1 is 1.48 bits per heavy atom. The van der Waals surface area contributed by atoms with Crippen LogP contribution in [0.5, 0.6) is 0 Å². The van der Waals surface area contributed by atoms with E-state index in [0.717, 1.165) is 0 Å².